The highest BCUT2D eigenvalue weighted by atomic mass is 31.2. The van der Waals surface area contributed by atoms with E-state index in [0.29, 0.717) is 0 Å². The molecule has 0 fully saturated rings. The molecule has 0 aliphatic heterocycles. The van der Waals surface area contributed by atoms with Crippen LogP contribution in [0, 0.1) is 0 Å². The minimum atomic E-state index is -3.43. The minimum Gasteiger partial charge on any atom is -0.467 e. The predicted molar refractivity (Wildman–Crippen MR) is 49.5 cm³/mol. The van der Waals surface area contributed by atoms with Crippen molar-refractivity contribution < 1.29 is 32.7 Å². The number of carbonyl (C=O) groups is 2. The lowest BCUT2D eigenvalue weighted by Gasteiger charge is -2.12. The van der Waals surface area contributed by atoms with E-state index in [4.69, 9.17) is 0 Å². The number of esters is 2. The van der Waals surface area contributed by atoms with Crippen molar-refractivity contribution in [3.63, 3.8) is 0 Å². The van der Waals surface area contributed by atoms with E-state index in [-0.39, 0.29) is 0 Å². The van der Waals surface area contributed by atoms with Gasteiger partial charge in [0.15, 0.2) is 13.2 Å². The fourth-order valence-corrected chi connectivity index (χ4v) is 1.25. The first kappa shape index (κ1) is 14.1. The van der Waals surface area contributed by atoms with Gasteiger partial charge in [0.05, 0.1) is 14.2 Å². The SMILES string of the molecule is COC(=O)COP(C)(=O)OCC(=O)OC. The van der Waals surface area contributed by atoms with Crippen LogP contribution in [0.4, 0.5) is 0 Å². The van der Waals surface area contributed by atoms with Crippen LogP contribution in [0.25, 0.3) is 0 Å². The highest BCUT2D eigenvalue weighted by Crippen LogP contribution is 2.43. The molecule has 0 heterocycles. The first-order valence-electron chi connectivity index (χ1n) is 3.91. The molecule has 7 nitrogen and oxygen atoms in total. The minimum absolute atomic E-state index is 0.495. The molecule has 0 rings (SSSR count). The summed E-state index contributed by atoms with van der Waals surface area (Å²) in [7, 11) is -1.09. The Kier molecular flexibility index (Phi) is 6.15. The highest BCUT2D eigenvalue weighted by molar-refractivity contribution is 7.53. The van der Waals surface area contributed by atoms with Crippen LogP contribution in [0.1, 0.15) is 0 Å². The van der Waals surface area contributed by atoms with Gasteiger partial charge in [0.2, 0.25) is 0 Å². The fraction of sp³-hybridized carbons (Fsp3) is 0.714. The van der Waals surface area contributed by atoms with Crippen molar-refractivity contribution in [2.24, 2.45) is 0 Å². The van der Waals surface area contributed by atoms with Crippen molar-refractivity contribution in [2.75, 3.05) is 34.1 Å². The molecule has 0 saturated carbocycles. The number of carbonyl (C=O) groups excluding carboxylic acids is 2. The molecule has 0 spiro atoms. The molecule has 0 radical (unpaired) electrons. The molecule has 88 valence electrons. The van der Waals surface area contributed by atoms with E-state index in [9.17, 15) is 14.2 Å². The van der Waals surface area contributed by atoms with Gasteiger partial charge in [-0.2, -0.15) is 0 Å². The molecular formula is C7H13O7P. The number of methoxy groups -OCH3 is 2. The molecule has 0 atom stereocenters. The summed E-state index contributed by atoms with van der Waals surface area (Å²) in [5.41, 5.74) is 0. The molecule has 0 amide bonds. The van der Waals surface area contributed by atoms with Crippen LogP contribution in [0.3, 0.4) is 0 Å². The van der Waals surface area contributed by atoms with Gasteiger partial charge in [0.25, 0.3) is 0 Å². The van der Waals surface area contributed by atoms with Gasteiger partial charge < -0.3 is 9.47 Å². The summed E-state index contributed by atoms with van der Waals surface area (Å²) in [6.45, 7) is 0.149. The van der Waals surface area contributed by atoms with Gasteiger partial charge in [-0.05, 0) is 0 Å². The second-order valence-corrected chi connectivity index (χ2v) is 4.53. The lowest BCUT2D eigenvalue weighted by molar-refractivity contribution is -0.143. The monoisotopic (exact) mass is 240 g/mol. The molecule has 0 saturated heterocycles. The van der Waals surface area contributed by atoms with Crippen LogP contribution in [0.15, 0.2) is 0 Å². The first-order valence-corrected chi connectivity index (χ1v) is 5.90. The summed E-state index contributed by atoms with van der Waals surface area (Å²) < 4.78 is 29.2. The Bertz CT molecular complexity index is 251. The van der Waals surface area contributed by atoms with Gasteiger partial charge in [0.1, 0.15) is 0 Å². The van der Waals surface area contributed by atoms with Crippen molar-refractivity contribution >= 4 is 19.5 Å². The standard InChI is InChI=1S/C7H13O7P/c1-11-6(8)4-13-15(3,10)14-5-7(9)12-2/h4-5H2,1-3H3. The number of rotatable bonds is 6. The average Bonchev–Trinajstić information content (AvgIpc) is 2.22. The van der Waals surface area contributed by atoms with Crippen molar-refractivity contribution in [1.82, 2.24) is 0 Å². The molecule has 0 aromatic carbocycles. The zero-order chi connectivity index (χ0) is 11.9. The Morgan fingerprint density at radius 1 is 1.00 bits per heavy atom. The third kappa shape index (κ3) is 7.07. The maximum Gasteiger partial charge on any atom is 0.332 e. The third-order valence-electron chi connectivity index (χ3n) is 1.29. The zero-order valence-electron chi connectivity index (χ0n) is 8.72. The quantitative estimate of drug-likeness (QED) is 0.483. The van der Waals surface area contributed by atoms with E-state index < -0.39 is 32.7 Å². The van der Waals surface area contributed by atoms with E-state index in [1.807, 2.05) is 0 Å². The highest BCUT2D eigenvalue weighted by Gasteiger charge is 2.20. The van der Waals surface area contributed by atoms with E-state index in [2.05, 4.69) is 18.5 Å². The summed E-state index contributed by atoms with van der Waals surface area (Å²) in [4.78, 5) is 21.3. The summed E-state index contributed by atoms with van der Waals surface area (Å²) >= 11 is 0. The van der Waals surface area contributed by atoms with Gasteiger partial charge in [0, 0.05) is 6.66 Å². The molecule has 8 heteroatoms. The largest absolute Gasteiger partial charge is 0.467 e. The Morgan fingerprint density at radius 3 is 1.60 bits per heavy atom. The van der Waals surface area contributed by atoms with Gasteiger partial charge in [-0.25, -0.2) is 9.59 Å². The zero-order valence-corrected chi connectivity index (χ0v) is 9.61. The van der Waals surface area contributed by atoms with E-state index in [1.54, 1.807) is 0 Å². The van der Waals surface area contributed by atoms with E-state index in [0.717, 1.165) is 6.66 Å². The molecule has 0 aromatic heterocycles. The molecular weight excluding hydrogens is 227 g/mol. The second kappa shape index (κ2) is 6.55. The van der Waals surface area contributed by atoms with Crippen LogP contribution < -0.4 is 0 Å². The second-order valence-electron chi connectivity index (χ2n) is 2.47. The molecule has 0 unspecified atom stereocenters. The van der Waals surface area contributed by atoms with Crippen LogP contribution >= 0.6 is 7.60 Å². The number of ether oxygens (including phenoxy) is 2. The normalized spacial score (nSPS) is 10.9. The topological polar surface area (TPSA) is 88.1 Å². The Labute approximate surface area is 87.2 Å². The van der Waals surface area contributed by atoms with Crippen molar-refractivity contribution in [1.29, 1.82) is 0 Å². The van der Waals surface area contributed by atoms with Crippen molar-refractivity contribution in [3.8, 4) is 0 Å². The number of hydrogen-bond donors (Lipinski definition) is 0. The predicted octanol–water partition coefficient (Wildman–Crippen LogP) is 0.188. The fourth-order valence-electron chi connectivity index (χ4n) is 0.495. The Morgan fingerprint density at radius 2 is 1.33 bits per heavy atom. The Balaban J connectivity index is 3.92. The maximum atomic E-state index is 11.4. The molecule has 0 aromatic rings. The lowest BCUT2D eigenvalue weighted by atomic mass is 10.8. The summed E-state index contributed by atoms with van der Waals surface area (Å²) in [6.07, 6.45) is 0. The first-order chi connectivity index (χ1) is 6.91. The molecule has 0 N–H and O–H groups in total. The van der Waals surface area contributed by atoms with Crippen molar-refractivity contribution in [2.45, 2.75) is 0 Å². The van der Waals surface area contributed by atoms with Crippen molar-refractivity contribution in [3.05, 3.63) is 0 Å². The van der Waals surface area contributed by atoms with E-state index >= 15 is 0 Å². The summed E-state index contributed by atoms with van der Waals surface area (Å²) in [6, 6.07) is 0. The van der Waals surface area contributed by atoms with Crippen LogP contribution in [-0.4, -0.2) is 46.0 Å². The summed E-state index contributed by atoms with van der Waals surface area (Å²) in [5.74, 6) is -1.36. The Hall–Kier alpha value is -0.910. The number of hydrogen-bond acceptors (Lipinski definition) is 7. The van der Waals surface area contributed by atoms with Gasteiger partial charge in [-0.3, -0.25) is 13.6 Å². The smallest absolute Gasteiger partial charge is 0.332 e. The third-order valence-corrected chi connectivity index (χ3v) is 2.49. The molecule has 0 aliphatic carbocycles. The maximum absolute atomic E-state index is 11.4. The van der Waals surface area contributed by atoms with Gasteiger partial charge in [-0.15, -0.1) is 0 Å². The van der Waals surface area contributed by atoms with Gasteiger partial charge >= 0.3 is 19.5 Å². The lowest BCUT2D eigenvalue weighted by Crippen LogP contribution is -2.13. The van der Waals surface area contributed by atoms with Crippen LogP contribution in [0.2, 0.25) is 0 Å². The molecule has 0 aliphatic rings. The van der Waals surface area contributed by atoms with Crippen LogP contribution in [-0.2, 0) is 32.7 Å². The van der Waals surface area contributed by atoms with Gasteiger partial charge in [-0.1, -0.05) is 0 Å². The molecule has 15 heavy (non-hydrogen) atoms. The molecule has 0 bridgehead atoms. The average molecular weight is 240 g/mol. The van der Waals surface area contributed by atoms with E-state index in [1.165, 1.54) is 14.2 Å². The van der Waals surface area contributed by atoms with Crippen LogP contribution in [0.5, 0.6) is 0 Å². The summed E-state index contributed by atoms with van der Waals surface area (Å²) in [5, 5.41) is 0.